The van der Waals surface area contributed by atoms with Gasteiger partial charge in [-0.25, -0.2) is 4.39 Å². The quantitative estimate of drug-likeness (QED) is 0.445. The molecule has 0 aromatic carbocycles. The fourth-order valence-electron chi connectivity index (χ4n) is 0.450. The minimum atomic E-state index is -1.09. The Morgan fingerprint density at radius 2 is 2.50 bits per heavy atom. The van der Waals surface area contributed by atoms with Crippen molar-refractivity contribution in [2.45, 2.75) is 6.17 Å². The number of halogens is 1. The molecule has 2 heteroatoms. The Bertz CT molecular complexity index is 158. The molecule has 1 atom stereocenters. The molecule has 0 aromatic rings. The van der Waals surface area contributed by atoms with Crippen LogP contribution >= 0.6 is 12.2 Å². The molecular weight excluding hydrogens is 123 g/mol. The maximum absolute atomic E-state index is 12.3. The van der Waals surface area contributed by atoms with Crippen molar-refractivity contribution in [3.63, 3.8) is 0 Å². The Balaban J connectivity index is 2.74. The Labute approximate surface area is 52.7 Å². The van der Waals surface area contributed by atoms with Gasteiger partial charge in [-0.2, -0.15) is 0 Å². The molecule has 0 heterocycles. The van der Waals surface area contributed by atoms with Crippen molar-refractivity contribution in [1.82, 2.24) is 0 Å². The number of thiocarbonyl (C=S) groups is 1. The molecule has 0 aliphatic heterocycles. The highest BCUT2D eigenvalue weighted by Crippen LogP contribution is 2.03. The highest BCUT2D eigenvalue weighted by Gasteiger charge is 2.07. The summed E-state index contributed by atoms with van der Waals surface area (Å²) < 4.78 is 12.3. The number of rotatable bonds is 0. The van der Waals surface area contributed by atoms with Gasteiger partial charge in [0.25, 0.3) is 0 Å². The molecule has 0 aromatic heterocycles. The first kappa shape index (κ1) is 5.63. The number of hydrogen-bond acceptors (Lipinski definition) is 1. The summed E-state index contributed by atoms with van der Waals surface area (Å²) in [5.74, 6) is 0. The van der Waals surface area contributed by atoms with Crippen molar-refractivity contribution in [1.29, 1.82) is 0 Å². The Morgan fingerprint density at radius 3 is 2.88 bits per heavy atom. The van der Waals surface area contributed by atoms with Gasteiger partial charge in [0, 0.05) is 6.08 Å². The first-order valence-corrected chi connectivity index (χ1v) is 2.66. The van der Waals surface area contributed by atoms with Crippen LogP contribution in [0.5, 0.6) is 0 Å². The van der Waals surface area contributed by atoms with E-state index in [0.717, 1.165) is 0 Å². The second-order valence-corrected chi connectivity index (χ2v) is 1.90. The predicted molar refractivity (Wildman–Crippen MR) is 34.4 cm³/mol. The third kappa shape index (κ3) is 1.01. The van der Waals surface area contributed by atoms with E-state index in [0.29, 0.717) is 0 Å². The van der Waals surface area contributed by atoms with Gasteiger partial charge in [-0.3, -0.25) is 0 Å². The van der Waals surface area contributed by atoms with Crippen LogP contribution in [-0.2, 0) is 0 Å². The average Bonchev–Trinajstić information content (AvgIpc) is 1.77. The Hall–Kier alpha value is -0.500. The number of hydrogen-bond donors (Lipinski definition) is 0. The summed E-state index contributed by atoms with van der Waals surface area (Å²) in [6.07, 6.45) is 6.10. The Morgan fingerprint density at radius 1 is 1.75 bits per heavy atom. The summed E-state index contributed by atoms with van der Waals surface area (Å²) in [7, 11) is 0. The van der Waals surface area contributed by atoms with E-state index in [9.17, 15) is 4.39 Å². The van der Waals surface area contributed by atoms with Crippen molar-refractivity contribution in [3.8, 4) is 0 Å². The van der Waals surface area contributed by atoms with Gasteiger partial charge in [0.1, 0.15) is 0 Å². The van der Waals surface area contributed by atoms with E-state index in [1.54, 1.807) is 12.2 Å². The molecule has 0 N–H and O–H groups in total. The van der Waals surface area contributed by atoms with Gasteiger partial charge in [-0.15, -0.1) is 0 Å². The van der Waals surface area contributed by atoms with E-state index >= 15 is 0 Å². The van der Waals surface area contributed by atoms with Gasteiger partial charge in [0.15, 0.2) is 6.17 Å². The van der Waals surface area contributed by atoms with Crippen LogP contribution in [-0.4, -0.2) is 11.0 Å². The fourth-order valence-corrected chi connectivity index (χ4v) is 0.597. The van der Waals surface area contributed by atoms with Crippen LogP contribution in [0.1, 0.15) is 0 Å². The molecule has 0 saturated heterocycles. The first-order valence-electron chi connectivity index (χ1n) is 2.25. The number of allylic oxidation sites excluding steroid dienone is 4. The summed E-state index contributed by atoms with van der Waals surface area (Å²) in [5.41, 5.74) is 0. The highest BCUT2D eigenvalue weighted by atomic mass is 32.1. The van der Waals surface area contributed by atoms with Crippen molar-refractivity contribution < 1.29 is 4.39 Å². The van der Waals surface area contributed by atoms with Gasteiger partial charge in [0.2, 0.25) is 0 Å². The largest absolute Gasteiger partial charge is 0.237 e. The van der Waals surface area contributed by atoms with Crippen LogP contribution in [0.3, 0.4) is 0 Å². The molecule has 0 fully saturated rings. The zero-order valence-electron chi connectivity index (χ0n) is 4.10. The van der Waals surface area contributed by atoms with Gasteiger partial charge >= 0.3 is 0 Å². The monoisotopic (exact) mass is 127 g/mol. The minimum absolute atomic E-state index is 0.243. The summed E-state index contributed by atoms with van der Waals surface area (Å²) in [6, 6.07) is 0. The smallest absolute Gasteiger partial charge is 0.154 e. The molecule has 0 amide bonds. The standard InChI is InChI=1S/C6H4FS/c7-5-3-1-2-4-6(5)8/h1-3,5H. The molecule has 1 aliphatic carbocycles. The topological polar surface area (TPSA) is 0 Å². The van der Waals surface area contributed by atoms with Gasteiger partial charge in [0.05, 0.1) is 4.86 Å². The summed E-state index contributed by atoms with van der Waals surface area (Å²) in [6.45, 7) is 0. The maximum Gasteiger partial charge on any atom is 0.154 e. The lowest BCUT2D eigenvalue weighted by atomic mass is 10.2. The van der Waals surface area contributed by atoms with Crippen LogP contribution in [0.25, 0.3) is 0 Å². The van der Waals surface area contributed by atoms with E-state index in [1.165, 1.54) is 6.08 Å². The summed E-state index contributed by atoms with van der Waals surface area (Å²) in [4.78, 5) is 0.243. The lowest BCUT2D eigenvalue weighted by Gasteiger charge is -2.00. The fraction of sp³-hybridized carbons (Fsp3) is 0.167. The zero-order valence-corrected chi connectivity index (χ0v) is 4.91. The normalized spacial score (nSPS) is 26.6. The zero-order chi connectivity index (χ0) is 5.98. The Kier molecular flexibility index (Phi) is 1.53. The van der Waals surface area contributed by atoms with Crippen molar-refractivity contribution in [2.75, 3.05) is 0 Å². The van der Waals surface area contributed by atoms with Crippen molar-refractivity contribution >= 4 is 17.1 Å². The van der Waals surface area contributed by atoms with Gasteiger partial charge < -0.3 is 0 Å². The van der Waals surface area contributed by atoms with E-state index in [4.69, 9.17) is 0 Å². The summed E-state index contributed by atoms with van der Waals surface area (Å²) >= 11 is 4.56. The summed E-state index contributed by atoms with van der Waals surface area (Å²) in [5, 5.41) is 0. The van der Waals surface area contributed by atoms with Crippen LogP contribution in [0.4, 0.5) is 4.39 Å². The maximum atomic E-state index is 12.3. The van der Waals surface area contributed by atoms with Crippen molar-refractivity contribution in [3.05, 3.63) is 24.3 Å². The SMILES string of the molecule is FC1C=CC=[C]C1=S. The lowest BCUT2D eigenvalue weighted by Crippen LogP contribution is -2.09. The van der Waals surface area contributed by atoms with Crippen LogP contribution in [0.15, 0.2) is 18.2 Å². The van der Waals surface area contributed by atoms with E-state index < -0.39 is 6.17 Å². The van der Waals surface area contributed by atoms with Crippen molar-refractivity contribution in [2.24, 2.45) is 0 Å². The predicted octanol–water partition coefficient (Wildman–Crippen LogP) is 1.62. The minimum Gasteiger partial charge on any atom is -0.237 e. The lowest BCUT2D eigenvalue weighted by molar-refractivity contribution is 0.496. The molecule has 0 spiro atoms. The van der Waals surface area contributed by atoms with E-state index in [2.05, 4.69) is 18.3 Å². The molecule has 8 heavy (non-hydrogen) atoms. The van der Waals surface area contributed by atoms with Crippen LogP contribution in [0, 0.1) is 6.08 Å². The third-order valence-corrected chi connectivity index (χ3v) is 1.20. The highest BCUT2D eigenvalue weighted by molar-refractivity contribution is 7.80. The van der Waals surface area contributed by atoms with E-state index in [1.807, 2.05) is 0 Å². The third-order valence-electron chi connectivity index (χ3n) is 0.852. The first-order chi connectivity index (χ1) is 3.80. The van der Waals surface area contributed by atoms with E-state index in [-0.39, 0.29) is 4.86 Å². The molecule has 0 nitrogen and oxygen atoms in total. The molecule has 41 valence electrons. The average molecular weight is 127 g/mol. The molecule has 1 unspecified atom stereocenters. The molecule has 1 aliphatic rings. The van der Waals surface area contributed by atoms with Crippen LogP contribution in [0.2, 0.25) is 0 Å². The van der Waals surface area contributed by atoms with Crippen LogP contribution < -0.4 is 0 Å². The molecule has 1 rings (SSSR count). The second-order valence-electron chi connectivity index (χ2n) is 1.46. The molecule has 0 bridgehead atoms. The second kappa shape index (κ2) is 2.18. The van der Waals surface area contributed by atoms with Gasteiger partial charge in [-0.1, -0.05) is 24.4 Å². The van der Waals surface area contributed by atoms with Gasteiger partial charge in [-0.05, 0) is 6.08 Å². The molecular formula is C6H4FS. The molecule has 0 saturated carbocycles. The molecule has 1 radical (unpaired) electrons. The number of alkyl halides is 1.